The molecule has 110 valence electrons. The molecule has 1 unspecified atom stereocenters. The van der Waals surface area contributed by atoms with Gasteiger partial charge in [0.1, 0.15) is 5.75 Å². The van der Waals surface area contributed by atoms with Crippen molar-refractivity contribution in [1.29, 1.82) is 0 Å². The van der Waals surface area contributed by atoms with Gasteiger partial charge < -0.3 is 15.4 Å². The lowest BCUT2D eigenvalue weighted by molar-refractivity contribution is -0.126. The zero-order valence-corrected chi connectivity index (χ0v) is 11.9. The molecule has 1 rings (SSSR count). The SMILES string of the molecule is CCNC(=O)NC(=O)C(C)Oc1ccc(CNC)nc1. The number of pyridine rings is 1. The van der Waals surface area contributed by atoms with E-state index >= 15 is 0 Å². The van der Waals surface area contributed by atoms with Gasteiger partial charge in [-0.2, -0.15) is 0 Å². The zero-order valence-electron chi connectivity index (χ0n) is 11.9. The molecular formula is C13H20N4O3. The van der Waals surface area contributed by atoms with Crippen LogP contribution in [0.2, 0.25) is 0 Å². The number of hydrogen-bond acceptors (Lipinski definition) is 5. The van der Waals surface area contributed by atoms with Crippen molar-refractivity contribution in [1.82, 2.24) is 20.9 Å². The highest BCUT2D eigenvalue weighted by molar-refractivity contribution is 5.96. The number of amides is 3. The summed E-state index contributed by atoms with van der Waals surface area (Å²) >= 11 is 0. The van der Waals surface area contributed by atoms with Gasteiger partial charge in [0.15, 0.2) is 6.10 Å². The summed E-state index contributed by atoms with van der Waals surface area (Å²) in [5.74, 6) is -0.0290. The Labute approximate surface area is 118 Å². The van der Waals surface area contributed by atoms with E-state index in [1.54, 1.807) is 32.2 Å². The molecule has 0 aliphatic heterocycles. The molecule has 1 heterocycles. The fraction of sp³-hybridized carbons (Fsp3) is 0.462. The lowest BCUT2D eigenvalue weighted by atomic mass is 10.3. The summed E-state index contributed by atoms with van der Waals surface area (Å²) in [6.45, 7) is 4.44. The second-order valence-corrected chi connectivity index (χ2v) is 4.12. The molecule has 0 aliphatic carbocycles. The minimum Gasteiger partial charge on any atom is -0.479 e. The van der Waals surface area contributed by atoms with E-state index in [0.29, 0.717) is 18.8 Å². The number of hydrogen-bond donors (Lipinski definition) is 3. The molecule has 3 N–H and O–H groups in total. The summed E-state index contributed by atoms with van der Waals surface area (Å²) in [5, 5.41) is 7.64. The van der Waals surface area contributed by atoms with E-state index in [4.69, 9.17) is 4.74 Å². The third-order valence-electron chi connectivity index (χ3n) is 2.41. The van der Waals surface area contributed by atoms with Gasteiger partial charge in [-0.15, -0.1) is 0 Å². The Bertz CT molecular complexity index is 447. The molecule has 1 atom stereocenters. The third kappa shape index (κ3) is 5.23. The molecule has 0 fully saturated rings. The van der Waals surface area contributed by atoms with Crippen LogP contribution in [-0.4, -0.2) is 36.6 Å². The van der Waals surface area contributed by atoms with Gasteiger partial charge in [-0.1, -0.05) is 0 Å². The number of nitrogens with one attached hydrogen (secondary N) is 3. The number of rotatable bonds is 6. The Morgan fingerprint density at radius 3 is 2.70 bits per heavy atom. The fourth-order valence-corrected chi connectivity index (χ4v) is 1.44. The van der Waals surface area contributed by atoms with Crippen LogP contribution in [0.25, 0.3) is 0 Å². The molecule has 20 heavy (non-hydrogen) atoms. The van der Waals surface area contributed by atoms with Crippen LogP contribution in [0.3, 0.4) is 0 Å². The first-order chi connectivity index (χ1) is 9.56. The van der Waals surface area contributed by atoms with E-state index in [0.717, 1.165) is 5.69 Å². The Hall–Kier alpha value is -2.15. The van der Waals surface area contributed by atoms with Crippen molar-refractivity contribution in [3.63, 3.8) is 0 Å². The van der Waals surface area contributed by atoms with E-state index in [-0.39, 0.29) is 0 Å². The van der Waals surface area contributed by atoms with Crippen molar-refractivity contribution < 1.29 is 14.3 Å². The highest BCUT2D eigenvalue weighted by Crippen LogP contribution is 2.11. The van der Waals surface area contributed by atoms with Gasteiger partial charge in [-0.05, 0) is 33.0 Å². The number of urea groups is 1. The number of imide groups is 1. The van der Waals surface area contributed by atoms with Gasteiger partial charge in [-0.3, -0.25) is 15.1 Å². The van der Waals surface area contributed by atoms with Crippen molar-refractivity contribution in [3.8, 4) is 5.75 Å². The fourth-order valence-electron chi connectivity index (χ4n) is 1.44. The van der Waals surface area contributed by atoms with Crippen LogP contribution in [0, 0.1) is 0 Å². The van der Waals surface area contributed by atoms with Crippen LogP contribution in [0.5, 0.6) is 5.75 Å². The van der Waals surface area contributed by atoms with Crippen LogP contribution in [0.1, 0.15) is 19.5 Å². The molecule has 0 spiro atoms. The van der Waals surface area contributed by atoms with Crippen molar-refractivity contribution in [2.45, 2.75) is 26.5 Å². The summed E-state index contributed by atoms with van der Waals surface area (Å²) in [5.41, 5.74) is 0.874. The molecule has 7 heteroatoms. The molecule has 7 nitrogen and oxygen atoms in total. The predicted molar refractivity (Wildman–Crippen MR) is 74.3 cm³/mol. The Morgan fingerprint density at radius 2 is 2.15 bits per heavy atom. The highest BCUT2D eigenvalue weighted by Gasteiger charge is 2.17. The molecule has 3 amide bonds. The van der Waals surface area contributed by atoms with Crippen molar-refractivity contribution in [2.75, 3.05) is 13.6 Å². The van der Waals surface area contributed by atoms with E-state index in [9.17, 15) is 9.59 Å². The Kier molecular flexibility index (Phi) is 6.45. The molecule has 0 saturated carbocycles. The van der Waals surface area contributed by atoms with Gasteiger partial charge in [-0.25, -0.2) is 4.79 Å². The topological polar surface area (TPSA) is 92.4 Å². The van der Waals surface area contributed by atoms with Crippen LogP contribution >= 0.6 is 0 Å². The summed E-state index contributed by atoms with van der Waals surface area (Å²) in [7, 11) is 1.83. The molecule has 0 radical (unpaired) electrons. The second-order valence-electron chi connectivity index (χ2n) is 4.12. The minimum atomic E-state index is -0.783. The van der Waals surface area contributed by atoms with E-state index in [2.05, 4.69) is 20.9 Å². The monoisotopic (exact) mass is 280 g/mol. The standard InChI is InChI=1S/C13H20N4O3/c1-4-15-13(19)17-12(18)9(2)20-11-6-5-10(7-14-3)16-8-11/h5-6,8-9,14H,4,7H2,1-3H3,(H2,15,17,18,19). The quantitative estimate of drug-likeness (QED) is 0.702. The summed E-state index contributed by atoms with van der Waals surface area (Å²) in [4.78, 5) is 27.1. The number of ether oxygens (including phenoxy) is 1. The van der Waals surface area contributed by atoms with Gasteiger partial charge in [0.25, 0.3) is 5.91 Å². The molecular weight excluding hydrogens is 260 g/mol. The average molecular weight is 280 g/mol. The van der Waals surface area contributed by atoms with Gasteiger partial charge >= 0.3 is 6.03 Å². The average Bonchev–Trinajstić information content (AvgIpc) is 2.41. The Morgan fingerprint density at radius 1 is 1.40 bits per heavy atom. The molecule has 0 saturated heterocycles. The number of nitrogens with zero attached hydrogens (tertiary/aromatic N) is 1. The minimum absolute atomic E-state index is 0.450. The molecule has 1 aromatic heterocycles. The van der Waals surface area contributed by atoms with E-state index in [1.165, 1.54) is 0 Å². The van der Waals surface area contributed by atoms with Crippen LogP contribution in [-0.2, 0) is 11.3 Å². The molecule has 1 aromatic rings. The molecule has 0 bridgehead atoms. The lowest BCUT2D eigenvalue weighted by Crippen LogP contribution is -2.45. The van der Waals surface area contributed by atoms with Gasteiger partial charge in [0, 0.05) is 13.1 Å². The van der Waals surface area contributed by atoms with E-state index < -0.39 is 18.0 Å². The van der Waals surface area contributed by atoms with Crippen LogP contribution in [0.15, 0.2) is 18.3 Å². The number of carbonyl (C=O) groups is 2. The van der Waals surface area contributed by atoms with Crippen LogP contribution < -0.4 is 20.7 Å². The summed E-state index contributed by atoms with van der Waals surface area (Å²) < 4.78 is 5.41. The van der Waals surface area contributed by atoms with Gasteiger partial charge in [0.05, 0.1) is 11.9 Å². The third-order valence-corrected chi connectivity index (χ3v) is 2.41. The lowest BCUT2D eigenvalue weighted by Gasteiger charge is -2.14. The highest BCUT2D eigenvalue weighted by atomic mass is 16.5. The summed E-state index contributed by atoms with van der Waals surface area (Å²) in [6, 6.07) is 3.01. The zero-order chi connectivity index (χ0) is 15.0. The maximum atomic E-state index is 11.7. The predicted octanol–water partition coefficient (Wildman–Crippen LogP) is 0.414. The first-order valence-corrected chi connectivity index (χ1v) is 6.41. The summed E-state index contributed by atoms with van der Waals surface area (Å²) in [6.07, 6.45) is 0.761. The number of aromatic nitrogens is 1. The first-order valence-electron chi connectivity index (χ1n) is 6.41. The smallest absolute Gasteiger partial charge is 0.321 e. The van der Waals surface area contributed by atoms with Crippen molar-refractivity contribution >= 4 is 11.9 Å². The largest absolute Gasteiger partial charge is 0.479 e. The maximum absolute atomic E-state index is 11.7. The van der Waals surface area contributed by atoms with E-state index in [1.807, 2.05) is 7.05 Å². The molecule has 0 aliphatic rings. The maximum Gasteiger partial charge on any atom is 0.321 e. The van der Waals surface area contributed by atoms with Crippen molar-refractivity contribution in [3.05, 3.63) is 24.0 Å². The normalized spacial score (nSPS) is 11.6. The van der Waals surface area contributed by atoms with Crippen LogP contribution in [0.4, 0.5) is 4.79 Å². The number of carbonyl (C=O) groups excluding carboxylic acids is 2. The first kappa shape index (κ1) is 15.9. The van der Waals surface area contributed by atoms with Gasteiger partial charge in [0.2, 0.25) is 0 Å². The Balaban J connectivity index is 2.50. The second kappa shape index (κ2) is 8.11. The van der Waals surface area contributed by atoms with Crippen molar-refractivity contribution in [2.24, 2.45) is 0 Å². The molecule has 0 aromatic carbocycles.